The van der Waals surface area contributed by atoms with E-state index in [9.17, 15) is 24.3 Å². The second-order valence-electron chi connectivity index (χ2n) is 16.7. The molecule has 3 fully saturated rings. The molecule has 2 saturated heterocycles. The Morgan fingerprint density at radius 2 is 1.00 bits per heavy atom. The maximum atomic E-state index is 14.7. The van der Waals surface area contributed by atoms with Gasteiger partial charge in [-0.3, -0.25) is 29.0 Å². The molecule has 14 nitrogen and oxygen atoms in total. The molecule has 2 aliphatic carbocycles. The quantitative estimate of drug-likeness (QED) is 0.0827. The number of aromatic hydroxyl groups is 1. The summed E-state index contributed by atoms with van der Waals surface area (Å²) in [7, 11) is 9.30. The van der Waals surface area contributed by atoms with Crippen molar-refractivity contribution >= 4 is 69.1 Å². The molecule has 2 aliphatic heterocycles. The zero-order chi connectivity index (χ0) is 44.1. The number of carbonyl (C=O) groups excluding carboxylic acids is 4. The van der Waals surface area contributed by atoms with Gasteiger partial charge in [-0.2, -0.15) is 20.5 Å². The van der Waals surface area contributed by atoms with Crippen molar-refractivity contribution in [1.29, 1.82) is 0 Å². The Morgan fingerprint density at radius 1 is 0.556 bits per heavy atom. The minimum absolute atomic E-state index is 0.113. The van der Waals surface area contributed by atoms with Crippen LogP contribution in [0.2, 0.25) is 0 Å². The molecule has 63 heavy (non-hydrogen) atoms. The number of phenolic OH excluding ortho intramolecular Hbond substituents is 1. The maximum absolute atomic E-state index is 14.7. The average molecular weight is 843 g/mol. The molecule has 318 valence electrons. The summed E-state index contributed by atoms with van der Waals surface area (Å²) in [5.41, 5.74) is 6.78. The highest BCUT2D eigenvalue weighted by Crippen LogP contribution is 2.59. The van der Waals surface area contributed by atoms with Gasteiger partial charge in [-0.1, -0.05) is 17.7 Å². The molecule has 9 rings (SSSR count). The third-order valence-corrected chi connectivity index (χ3v) is 12.7. The molecular formula is C49H46N8O6. The molecule has 4 aliphatic rings. The molecule has 14 heteroatoms. The Kier molecular flexibility index (Phi) is 10.7. The van der Waals surface area contributed by atoms with Crippen LogP contribution in [0.1, 0.15) is 24.3 Å². The lowest BCUT2D eigenvalue weighted by molar-refractivity contribution is -0.126. The zero-order valence-corrected chi connectivity index (χ0v) is 35.5. The van der Waals surface area contributed by atoms with Crippen LogP contribution in [0.3, 0.4) is 0 Å². The lowest BCUT2D eigenvalue weighted by Gasteiger charge is -2.44. The first-order valence-electron chi connectivity index (χ1n) is 20.8. The predicted octanol–water partition coefficient (Wildman–Crippen LogP) is 9.41. The monoisotopic (exact) mass is 842 g/mol. The van der Waals surface area contributed by atoms with Crippen LogP contribution in [0.15, 0.2) is 147 Å². The first-order chi connectivity index (χ1) is 30.4. The van der Waals surface area contributed by atoms with Gasteiger partial charge in [-0.05, 0) is 134 Å². The SMILES string of the molecule is COc1ccc(C2C3=CCC4C(=O)N(c5ccc(N=Nc6ccc(N(C)C)cc6)cc5)C(=O)C4C3CC3C(=O)N(c4ccc(N=Nc5ccc(N(C)C)cc5)cc4)C(=O)C32)cc1O. The van der Waals surface area contributed by atoms with Gasteiger partial charge in [-0.15, -0.1) is 0 Å². The molecule has 0 aromatic heterocycles. The number of anilines is 4. The number of nitrogens with zero attached hydrogens (tertiary/aromatic N) is 8. The molecule has 5 aromatic carbocycles. The summed E-state index contributed by atoms with van der Waals surface area (Å²) in [5.74, 6) is -5.44. The highest BCUT2D eigenvalue weighted by atomic mass is 16.5. The van der Waals surface area contributed by atoms with Gasteiger partial charge >= 0.3 is 0 Å². The van der Waals surface area contributed by atoms with Gasteiger partial charge in [0.1, 0.15) is 0 Å². The second kappa shape index (κ2) is 16.4. The molecule has 5 aromatic rings. The van der Waals surface area contributed by atoms with Crippen LogP contribution < -0.4 is 24.3 Å². The number of hydrogen-bond donors (Lipinski definition) is 1. The number of phenols is 1. The van der Waals surface area contributed by atoms with E-state index in [0.29, 0.717) is 39.7 Å². The Bertz CT molecular complexity index is 2690. The summed E-state index contributed by atoms with van der Waals surface area (Å²) in [6.07, 6.45) is 2.47. The number of imide groups is 2. The van der Waals surface area contributed by atoms with Gasteiger partial charge in [0.05, 0.1) is 64.9 Å². The lowest BCUT2D eigenvalue weighted by Crippen LogP contribution is -2.43. The van der Waals surface area contributed by atoms with Gasteiger partial charge in [0.25, 0.3) is 0 Å². The van der Waals surface area contributed by atoms with Crippen LogP contribution >= 0.6 is 0 Å². The smallest absolute Gasteiger partial charge is 0.238 e. The number of rotatable bonds is 10. The largest absolute Gasteiger partial charge is 0.504 e. The van der Waals surface area contributed by atoms with Gasteiger partial charge in [0, 0.05) is 45.5 Å². The van der Waals surface area contributed by atoms with E-state index in [4.69, 9.17) is 4.74 Å². The number of carbonyl (C=O) groups is 4. The van der Waals surface area contributed by atoms with E-state index in [1.807, 2.05) is 92.6 Å². The normalized spacial score (nSPS) is 23.0. The molecule has 1 saturated carbocycles. The number of ether oxygens (including phenoxy) is 1. The Morgan fingerprint density at radius 3 is 1.44 bits per heavy atom. The number of amides is 4. The van der Waals surface area contributed by atoms with Crippen LogP contribution in [0.5, 0.6) is 11.5 Å². The first-order valence-corrected chi connectivity index (χ1v) is 20.8. The second-order valence-corrected chi connectivity index (χ2v) is 16.7. The summed E-state index contributed by atoms with van der Waals surface area (Å²) in [6.45, 7) is 0. The van der Waals surface area contributed by atoms with E-state index >= 15 is 0 Å². The van der Waals surface area contributed by atoms with E-state index in [2.05, 4.69) is 20.5 Å². The molecule has 0 spiro atoms. The van der Waals surface area contributed by atoms with Crippen LogP contribution in [0.25, 0.3) is 0 Å². The molecular weight excluding hydrogens is 797 g/mol. The molecule has 6 atom stereocenters. The van der Waals surface area contributed by atoms with Gasteiger partial charge in [0.15, 0.2) is 11.5 Å². The van der Waals surface area contributed by atoms with Crippen LogP contribution in [-0.4, -0.2) is 64.0 Å². The van der Waals surface area contributed by atoms with Crippen molar-refractivity contribution in [3.05, 3.63) is 132 Å². The fraction of sp³-hybridized carbons (Fsp3) is 0.265. The van der Waals surface area contributed by atoms with Gasteiger partial charge in [-0.25, -0.2) is 0 Å². The zero-order valence-electron chi connectivity index (χ0n) is 35.5. The third-order valence-electron chi connectivity index (χ3n) is 12.7. The molecule has 0 bridgehead atoms. The van der Waals surface area contributed by atoms with Crippen molar-refractivity contribution in [2.45, 2.75) is 18.8 Å². The number of benzene rings is 5. The van der Waals surface area contributed by atoms with Gasteiger partial charge < -0.3 is 19.6 Å². The Balaban J connectivity index is 0.991. The number of hydrogen-bond acceptors (Lipinski definition) is 12. The van der Waals surface area contributed by atoms with E-state index in [1.54, 1.807) is 66.7 Å². The third kappa shape index (κ3) is 7.40. The Hall–Kier alpha value is -7.48. The highest BCUT2D eigenvalue weighted by molar-refractivity contribution is 6.24. The van der Waals surface area contributed by atoms with E-state index in [-0.39, 0.29) is 48.0 Å². The molecule has 4 amide bonds. The van der Waals surface area contributed by atoms with Crippen molar-refractivity contribution in [1.82, 2.24) is 0 Å². The number of fused-ring (bicyclic) bond motifs is 4. The number of azo groups is 2. The van der Waals surface area contributed by atoms with Crippen LogP contribution in [0.4, 0.5) is 45.5 Å². The number of methoxy groups -OCH3 is 1. The molecule has 2 heterocycles. The van der Waals surface area contributed by atoms with Gasteiger partial charge in [0.2, 0.25) is 23.6 Å². The lowest BCUT2D eigenvalue weighted by atomic mass is 9.57. The average Bonchev–Trinajstić information content (AvgIpc) is 3.70. The first kappa shape index (κ1) is 40.9. The minimum atomic E-state index is -0.815. The van der Waals surface area contributed by atoms with Crippen molar-refractivity contribution in [2.24, 2.45) is 50.0 Å². The van der Waals surface area contributed by atoms with Crippen molar-refractivity contribution in [2.75, 3.05) is 54.9 Å². The fourth-order valence-corrected chi connectivity index (χ4v) is 9.58. The highest BCUT2D eigenvalue weighted by Gasteiger charge is 2.62. The molecule has 1 N–H and O–H groups in total. The van der Waals surface area contributed by atoms with Crippen LogP contribution in [-0.2, 0) is 19.2 Å². The summed E-state index contributed by atoms with van der Waals surface area (Å²) in [6, 6.07) is 33.9. The van der Waals surface area contributed by atoms with Crippen molar-refractivity contribution in [3.63, 3.8) is 0 Å². The van der Waals surface area contributed by atoms with Crippen molar-refractivity contribution < 1.29 is 29.0 Å². The number of allylic oxidation sites excluding steroid dienone is 2. The Labute approximate surface area is 364 Å². The summed E-state index contributed by atoms with van der Waals surface area (Å²) in [4.78, 5) is 64.5. The van der Waals surface area contributed by atoms with E-state index in [0.717, 1.165) is 16.9 Å². The standard InChI is InChI=1S/C49H46N8O6/c1-54(2)33-15-7-29(8-16-33)50-52-31-11-19-35(20-12-31)56-46(59)38-24-23-37-39(44(38)48(56)61)27-40-45(43(37)28-6-25-42(63-5)41(58)26-28)49(62)57(47(40)60)36-21-13-32(14-22-36)53-51-30-9-17-34(18-10-30)55(3)4/h6-23,25-26,38-40,43-45,58H,24,27H2,1-5H3. The predicted molar refractivity (Wildman–Crippen MR) is 240 cm³/mol. The maximum Gasteiger partial charge on any atom is 0.238 e. The van der Waals surface area contributed by atoms with Crippen LogP contribution in [0, 0.1) is 29.6 Å². The summed E-state index contributed by atoms with van der Waals surface area (Å²) in [5, 5.41) is 28.4. The topological polar surface area (TPSA) is 160 Å². The molecule has 0 radical (unpaired) electrons. The fourth-order valence-electron chi connectivity index (χ4n) is 9.58. The van der Waals surface area contributed by atoms with Crippen molar-refractivity contribution in [3.8, 4) is 11.5 Å². The summed E-state index contributed by atoms with van der Waals surface area (Å²) < 4.78 is 5.34. The minimum Gasteiger partial charge on any atom is -0.504 e. The molecule has 6 unspecified atom stereocenters. The van der Waals surface area contributed by atoms with E-state index < -0.39 is 35.5 Å². The summed E-state index contributed by atoms with van der Waals surface area (Å²) >= 11 is 0. The van der Waals surface area contributed by atoms with E-state index in [1.165, 1.54) is 16.9 Å².